The highest BCUT2D eigenvalue weighted by atomic mass is 32.1. The van der Waals surface area contributed by atoms with Crippen molar-refractivity contribution < 1.29 is 18.4 Å². The minimum Gasteiger partial charge on any atom is -0.451 e. The van der Waals surface area contributed by atoms with Crippen molar-refractivity contribution in [2.75, 3.05) is 44.2 Å². The van der Waals surface area contributed by atoms with Crippen LogP contribution in [0.15, 0.2) is 64.4 Å². The van der Waals surface area contributed by atoms with E-state index in [-0.39, 0.29) is 23.5 Å². The Morgan fingerprint density at radius 3 is 2.32 bits per heavy atom. The number of furan rings is 1. The molecule has 6 rings (SSSR count). The number of likely N-dealkylation sites (tertiary alicyclic amines) is 1. The van der Waals surface area contributed by atoms with Gasteiger partial charge in [0.25, 0.3) is 11.8 Å². The number of rotatable bonds is 4. The maximum atomic E-state index is 13.2. The fraction of sp³-hybridized carbons (Fsp3) is 0.321. The van der Waals surface area contributed by atoms with Gasteiger partial charge in [-0.25, -0.2) is 9.37 Å². The quantitative estimate of drug-likeness (QED) is 0.380. The number of amides is 2. The Balaban J connectivity index is 1.03. The minimum absolute atomic E-state index is 0.0428. The molecule has 2 aromatic heterocycles. The Bertz CT molecular complexity index is 1380. The first-order chi connectivity index (χ1) is 18.0. The van der Waals surface area contributed by atoms with Crippen LogP contribution in [0.4, 0.5) is 10.1 Å². The molecular formula is C28H27FN4O3S. The van der Waals surface area contributed by atoms with E-state index in [9.17, 15) is 14.0 Å². The zero-order valence-electron chi connectivity index (χ0n) is 20.3. The molecular weight excluding hydrogens is 491 g/mol. The van der Waals surface area contributed by atoms with Crippen molar-refractivity contribution in [1.82, 2.24) is 14.8 Å². The van der Waals surface area contributed by atoms with E-state index in [0.717, 1.165) is 34.5 Å². The number of hydrogen-bond donors (Lipinski definition) is 0. The summed E-state index contributed by atoms with van der Waals surface area (Å²) in [6, 6.07) is 15.9. The van der Waals surface area contributed by atoms with E-state index in [1.807, 2.05) is 45.5 Å². The normalized spacial score (nSPS) is 16.9. The predicted octanol–water partition coefficient (Wildman–Crippen LogP) is 5.01. The number of carbonyl (C=O) groups excluding carboxylic acids is 2. The average molecular weight is 519 g/mol. The van der Waals surface area contributed by atoms with E-state index < -0.39 is 0 Å². The molecule has 9 heteroatoms. The number of fused-ring (bicyclic) bond motifs is 1. The standard InChI is InChI=1S/C28H27FN4O3S/c29-21-5-7-22(8-6-21)31-13-15-33(16-14-31)27(34)23-18-37-26(30-23)19-9-11-32(12-10-19)28(35)25-17-20-3-1-2-4-24(20)36-25/h1-8,17-19H,9-16H2. The number of piperidine rings is 1. The number of carbonyl (C=O) groups is 2. The predicted molar refractivity (Wildman–Crippen MR) is 141 cm³/mol. The van der Waals surface area contributed by atoms with Crippen molar-refractivity contribution in [2.24, 2.45) is 0 Å². The van der Waals surface area contributed by atoms with Crippen molar-refractivity contribution in [3.05, 3.63) is 82.3 Å². The zero-order valence-corrected chi connectivity index (χ0v) is 21.1. The fourth-order valence-corrected chi connectivity index (χ4v) is 6.09. The van der Waals surface area contributed by atoms with Gasteiger partial charge in [0.2, 0.25) is 0 Å². The smallest absolute Gasteiger partial charge is 0.289 e. The molecule has 2 saturated heterocycles. The maximum Gasteiger partial charge on any atom is 0.289 e. The number of hydrogen-bond acceptors (Lipinski definition) is 6. The van der Waals surface area contributed by atoms with Gasteiger partial charge in [-0.05, 0) is 49.2 Å². The molecule has 190 valence electrons. The first-order valence-corrected chi connectivity index (χ1v) is 13.5. The van der Waals surface area contributed by atoms with Crippen LogP contribution in [-0.2, 0) is 0 Å². The van der Waals surface area contributed by atoms with Crippen molar-refractivity contribution >= 4 is 39.8 Å². The molecule has 2 aliphatic rings. The molecule has 2 aliphatic heterocycles. The summed E-state index contributed by atoms with van der Waals surface area (Å²) in [5.41, 5.74) is 2.18. The summed E-state index contributed by atoms with van der Waals surface area (Å²) < 4.78 is 19.0. The fourth-order valence-electron chi connectivity index (χ4n) is 5.13. The van der Waals surface area contributed by atoms with Crippen molar-refractivity contribution in [1.29, 1.82) is 0 Å². The van der Waals surface area contributed by atoms with E-state index >= 15 is 0 Å². The van der Waals surface area contributed by atoms with E-state index in [1.54, 1.807) is 12.1 Å². The van der Waals surface area contributed by atoms with Gasteiger partial charge in [0.15, 0.2) is 5.76 Å². The molecule has 2 fully saturated rings. The zero-order chi connectivity index (χ0) is 25.4. The number of piperazine rings is 1. The lowest BCUT2D eigenvalue weighted by Crippen LogP contribution is -2.48. The molecule has 0 aliphatic carbocycles. The second-order valence-corrected chi connectivity index (χ2v) is 10.4. The van der Waals surface area contributed by atoms with E-state index in [1.165, 1.54) is 23.5 Å². The van der Waals surface area contributed by atoms with Gasteiger partial charge in [-0.2, -0.15) is 0 Å². The number of nitrogens with zero attached hydrogens (tertiary/aromatic N) is 4. The SMILES string of the molecule is O=C(c1csc(C2CCN(C(=O)c3cc4ccccc4o3)CC2)n1)N1CCN(c2ccc(F)cc2)CC1. The molecule has 2 aromatic carbocycles. The topological polar surface area (TPSA) is 69.9 Å². The molecule has 0 N–H and O–H groups in total. The van der Waals surface area contributed by atoms with Crippen LogP contribution >= 0.6 is 11.3 Å². The summed E-state index contributed by atoms with van der Waals surface area (Å²) in [5.74, 6) is 0.242. The average Bonchev–Trinajstić information content (AvgIpc) is 3.61. The van der Waals surface area contributed by atoms with Gasteiger partial charge in [0.1, 0.15) is 17.1 Å². The molecule has 37 heavy (non-hydrogen) atoms. The van der Waals surface area contributed by atoms with Gasteiger partial charge >= 0.3 is 0 Å². The van der Waals surface area contributed by atoms with Crippen molar-refractivity contribution in [3.8, 4) is 0 Å². The molecule has 0 atom stereocenters. The Hall–Kier alpha value is -3.72. The first kappa shape index (κ1) is 23.7. The molecule has 0 bridgehead atoms. The number of anilines is 1. The maximum absolute atomic E-state index is 13.2. The van der Waals surface area contributed by atoms with Crippen LogP contribution in [0.5, 0.6) is 0 Å². The third-order valence-corrected chi connectivity index (χ3v) is 8.27. The Kier molecular flexibility index (Phi) is 6.38. The van der Waals surface area contributed by atoms with Crippen LogP contribution in [0.1, 0.15) is 44.8 Å². The summed E-state index contributed by atoms with van der Waals surface area (Å²) >= 11 is 1.53. The van der Waals surface area contributed by atoms with Crippen LogP contribution in [0.25, 0.3) is 11.0 Å². The van der Waals surface area contributed by atoms with E-state index in [2.05, 4.69) is 4.90 Å². The van der Waals surface area contributed by atoms with Gasteiger partial charge in [-0.3, -0.25) is 9.59 Å². The van der Waals surface area contributed by atoms with Crippen LogP contribution in [-0.4, -0.2) is 65.9 Å². The van der Waals surface area contributed by atoms with Crippen LogP contribution in [0.2, 0.25) is 0 Å². The highest BCUT2D eigenvalue weighted by Crippen LogP contribution is 2.32. The largest absolute Gasteiger partial charge is 0.451 e. The van der Waals surface area contributed by atoms with Gasteiger partial charge in [-0.1, -0.05) is 18.2 Å². The second-order valence-electron chi connectivity index (χ2n) is 9.54. The summed E-state index contributed by atoms with van der Waals surface area (Å²) in [7, 11) is 0. The summed E-state index contributed by atoms with van der Waals surface area (Å²) in [5, 5.41) is 3.75. The van der Waals surface area contributed by atoms with Crippen molar-refractivity contribution in [2.45, 2.75) is 18.8 Å². The first-order valence-electron chi connectivity index (χ1n) is 12.6. The molecule has 7 nitrogen and oxygen atoms in total. The number of benzene rings is 2. The van der Waals surface area contributed by atoms with Crippen LogP contribution in [0, 0.1) is 5.82 Å². The lowest BCUT2D eigenvalue weighted by Gasteiger charge is -2.35. The molecule has 0 unspecified atom stereocenters. The summed E-state index contributed by atoms with van der Waals surface area (Å²) in [4.78, 5) is 36.6. The van der Waals surface area contributed by atoms with E-state index in [0.29, 0.717) is 50.7 Å². The van der Waals surface area contributed by atoms with Crippen LogP contribution < -0.4 is 4.90 Å². The van der Waals surface area contributed by atoms with Gasteiger partial charge in [0.05, 0.1) is 5.01 Å². The Morgan fingerprint density at radius 2 is 1.59 bits per heavy atom. The van der Waals surface area contributed by atoms with Gasteiger partial charge in [-0.15, -0.1) is 11.3 Å². The Morgan fingerprint density at radius 1 is 0.892 bits per heavy atom. The number of halogens is 1. The number of aromatic nitrogens is 1. The second kappa shape index (κ2) is 9.97. The lowest BCUT2D eigenvalue weighted by molar-refractivity contribution is 0.0683. The number of para-hydroxylation sites is 1. The Labute approximate surface area is 218 Å². The third kappa shape index (κ3) is 4.83. The van der Waals surface area contributed by atoms with Gasteiger partial charge < -0.3 is 19.1 Å². The molecule has 2 amide bonds. The van der Waals surface area contributed by atoms with Gasteiger partial charge in [0, 0.05) is 61.6 Å². The molecule has 4 aromatic rings. The summed E-state index contributed by atoms with van der Waals surface area (Å²) in [6.07, 6.45) is 1.62. The minimum atomic E-state index is -0.250. The molecule has 0 spiro atoms. The lowest BCUT2D eigenvalue weighted by atomic mass is 9.97. The monoisotopic (exact) mass is 518 g/mol. The highest BCUT2D eigenvalue weighted by Gasteiger charge is 2.29. The molecule has 0 radical (unpaired) electrons. The van der Waals surface area contributed by atoms with Crippen molar-refractivity contribution in [3.63, 3.8) is 0 Å². The molecule has 0 saturated carbocycles. The highest BCUT2D eigenvalue weighted by molar-refractivity contribution is 7.09. The number of thiazole rings is 1. The molecule has 4 heterocycles. The summed E-state index contributed by atoms with van der Waals surface area (Å²) in [6.45, 7) is 3.87. The van der Waals surface area contributed by atoms with E-state index in [4.69, 9.17) is 9.40 Å². The third-order valence-electron chi connectivity index (χ3n) is 7.27. The van der Waals surface area contributed by atoms with Crippen LogP contribution in [0.3, 0.4) is 0 Å².